The van der Waals surface area contributed by atoms with Gasteiger partial charge in [-0.15, -0.1) is 0 Å². The van der Waals surface area contributed by atoms with Crippen LogP contribution in [-0.2, 0) is 10.1 Å². The molecule has 0 heterocycles. The van der Waals surface area contributed by atoms with E-state index < -0.39 is 10.1 Å². The maximum Gasteiger partial charge on any atom is 0.339 e. The van der Waals surface area contributed by atoms with Crippen LogP contribution in [0, 0.1) is 13.8 Å². The molecule has 0 saturated carbocycles. The van der Waals surface area contributed by atoms with Gasteiger partial charge in [-0.3, -0.25) is 0 Å². The van der Waals surface area contributed by atoms with Crippen molar-refractivity contribution < 1.29 is 17.3 Å². The normalized spacial score (nSPS) is 11.2. The molecular formula is C16H19NO4S. The Morgan fingerprint density at radius 2 is 1.77 bits per heavy atom. The summed E-state index contributed by atoms with van der Waals surface area (Å²) in [7, 11) is -3.95. The molecule has 0 aromatic heterocycles. The van der Waals surface area contributed by atoms with Gasteiger partial charge < -0.3 is 14.7 Å². The standard InChI is InChI=1S/C16H19NO4S/c1-4-20-16-10-13(7-8-14(16)17)22(18,19)21-15-9-11(2)5-6-12(15)3/h5-10H,4,17H2,1-3H3. The fraction of sp³-hybridized carbons (Fsp3) is 0.250. The molecular weight excluding hydrogens is 302 g/mol. The number of hydrogen-bond acceptors (Lipinski definition) is 5. The number of rotatable bonds is 5. The largest absolute Gasteiger partial charge is 0.492 e. The summed E-state index contributed by atoms with van der Waals surface area (Å²) in [5.74, 6) is 0.642. The highest BCUT2D eigenvalue weighted by Gasteiger charge is 2.19. The molecule has 0 amide bonds. The third-order valence-electron chi connectivity index (χ3n) is 3.12. The highest BCUT2D eigenvalue weighted by atomic mass is 32.2. The van der Waals surface area contributed by atoms with E-state index in [1.807, 2.05) is 19.1 Å². The number of hydrogen-bond donors (Lipinski definition) is 1. The number of aryl methyl sites for hydroxylation is 2. The average molecular weight is 321 g/mol. The Bertz CT molecular complexity index is 785. The number of anilines is 1. The van der Waals surface area contributed by atoms with E-state index >= 15 is 0 Å². The summed E-state index contributed by atoms with van der Waals surface area (Å²) in [5.41, 5.74) is 7.80. The summed E-state index contributed by atoms with van der Waals surface area (Å²) < 4.78 is 35.4. The van der Waals surface area contributed by atoms with Gasteiger partial charge in [-0.05, 0) is 50.1 Å². The number of nitrogens with two attached hydrogens (primary N) is 1. The smallest absolute Gasteiger partial charge is 0.339 e. The summed E-state index contributed by atoms with van der Waals surface area (Å²) >= 11 is 0. The predicted molar refractivity (Wildman–Crippen MR) is 85.8 cm³/mol. The van der Waals surface area contributed by atoms with Gasteiger partial charge >= 0.3 is 10.1 Å². The topological polar surface area (TPSA) is 78.6 Å². The van der Waals surface area contributed by atoms with E-state index in [0.717, 1.165) is 11.1 Å². The first-order valence-corrected chi connectivity index (χ1v) is 8.28. The van der Waals surface area contributed by atoms with Crippen molar-refractivity contribution in [3.05, 3.63) is 47.5 Å². The molecule has 0 saturated heterocycles. The van der Waals surface area contributed by atoms with Crippen molar-refractivity contribution in [2.45, 2.75) is 25.7 Å². The van der Waals surface area contributed by atoms with Crippen LogP contribution in [0.2, 0.25) is 0 Å². The molecule has 0 aliphatic heterocycles. The Kier molecular flexibility index (Phi) is 4.61. The third kappa shape index (κ3) is 3.51. The van der Waals surface area contributed by atoms with Crippen LogP contribution in [0.25, 0.3) is 0 Å². The molecule has 2 aromatic rings. The number of benzene rings is 2. The molecule has 5 nitrogen and oxygen atoms in total. The van der Waals surface area contributed by atoms with Crippen LogP contribution < -0.4 is 14.7 Å². The first-order chi connectivity index (χ1) is 10.3. The maximum absolute atomic E-state index is 12.4. The van der Waals surface area contributed by atoms with E-state index in [1.165, 1.54) is 18.2 Å². The number of nitrogen functional groups attached to an aromatic ring is 1. The second-order valence-corrected chi connectivity index (χ2v) is 6.49. The maximum atomic E-state index is 12.4. The van der Waals surface area contributed by atoms with Crippen LogP contribution in [0.15, 0.2) is 41.3 Å². The molecule has 0 aliphatic carbocycles. The molecule has 0 atom stereocenters. The van der Waals surface area contributed by atoms with E-state index in [0.29, 0.717) is 23.8 Å². The monoisotopic (exact) mass is 321 g/mol. The minimum atomic E-state index is -3.95. The van der Waals surface area contributed by atoms with Gasteiger partial charge in [0.2, 0.25) is 0 Å². The van der Waals surface area contributed by atoms with Gasteiger partial charge in [-0.1, -0.05) is 12.1 Å². The van der Waals surface area contributed by atoms with Crippen molar-refractivity contribution in [1.82, 2.24) is 0 Å². The molecule has 6 heteroatoms. The van der Waals surface area contributed by atoms with E-state index in [9.17, 15) is 8.42 Å². The van der Waals surface area contributed by atoms with Gasteiger partial charge in [-0.25, -0.2) is 0 Å². The predicted octanol–water partition coefficient (Wildman–Crippen LogP) is 3.05. The highest BCUT2D eigenvalue weighted by Crippen LogP contribution is 2.28. The average Bonchev–Trinajstić information content (AvgIpc) is 2.45. The lowest BCUT2D eigenvalue weighted by Crippen LogP contribution is -2.11. The van der Waals surface area contributed by atoms with Gasteiger partial charge in [-0.2, -0.15) is 8.42 Å². The Labute approximate surface area is 130 Å². The van der Waals surface area contributed by atoms with Gasteiger partial charge in [0.1, 0.15) is 16.4 Å². The Balaban J connectivity index is 2.38. The first kappa shape index (κ1) is 16.2. The van der Waals surface area contributed by atoms with E-state index in [4.69, 9.17) is 14.7 Å². The van der Waals surface area contributed by atoms with Crippen LogP contribution >= 0.6 is 0 Å². The van der Waals surface area contributed by atoms with Gasteiger partial charge in [0.15, 0.2) is 0 Å². The van der Waals surface area contributed by atoms with Gasteiger partial charge in [0.25, 0.3) is 0 Å². The Morgan fingerprint density at radius 1 is 1.05 bits per heavy atom. The lowest BCUT2D eigenvalue weighted by molar-refractivity contribution is 0.341. The van der Waals surface area contributed by atoms with Crippen LogP contribution in [0.3, 0.4) is 0 Å². The highest BCUT2D eigenvalue weighted by molar-refractivity contribution is 7.87. The zero-order valence-corrected chi connectivity index (χ0v) is 13.6. The molecule has 0 fully saturated rings. The van der Waals surface area contributed by atoms with Crippen LogP contribution in [0.5, 0.6) is 11.5 Å². The number of ether oxygens (including phenoxy) is 1. The molecule has 2 aromatic carbocycles. The molecule has 0 aliphatic rings. The van der Waals surface area contributed by atoms with Crippen molar-refractivity contribution in [3.8, 4) is 11.5 Å². The Hall–Kier alpha value is -2.21. The van der Waals surface area contributed by atoms with Crippen molar-refractivity contribution >= 4 is 15.8 Å². The summed E-state index contributed by atoms with van der Waals surface area (Å²) in [4.78, 5) is 0.00561. The summed E-state index contributed by atoms with van der Waals surface area (Å²) in [5, 5.41) is 0. The van der Waals surface area contributed by atoms with Crippen LogP contribution in [0.4, 0.5) is 5.69 Å². The second-order valence-electron chi connectivity index (χ2n) is 4.94. The molecule has 0 spiro atoms. The fourth-order valence-corrected chi connectivity index (χ4v) is 2.91. The molecule has 0 unspecified atom stereocenters. The molecule has 0 bridgehead atoms. The van der Waals surface area contributed by atoms with Gasteiger partial charge in [0, 0.05) is 6.07 Å². The zero-order valence-electron chi connectivity index (χ0n) is 12.8. The molecule has 22 heavy (non-hydrogen) atoms. The lowest BCUT2D eigenvalue weighted by Gasteiger charge is -2.12. The molecule has 0 radical (unpaired) electrons. The lowest BCUT2D eigenvalue weighted by atomic mass is 10.1. The summed E-state index contributed by atoms with van der Waals surface area (Å²) in [6.07, 6.45) is 0. The first-order valence-electron chi connectivity index (χ1n) is 6.87. The summed E-state index contributed by atoms with van der Waals surface area (Å²) in [6.45, 7) is 5.85. The fourth-order valence-electron chi connectivity index (χ4n) is 1.91. The molecule has 2 rings (SSSR count). The SMILES string of the molecule is CCOc1cc(S(=O)(=O)Oc2cc(C)ccc2C)ccc1N. The van der Waals surface area contributed by atoms with Crippen molar-refractivity contribution in [1.29, 1.82) is 0 Å². The van der Waals surface area contributed by atoms with Crippen molar-refractivity contribution in [2.24, 2.45) is 0 Å². The third-order valence-corrected chi connectivity index (χ3v) is 4.35. The van der Waals surface area contributed by atoms with Crippen molar-refractivity contribution in [2.75, 3.05) is 12.3 Å². The van der Waals surface area contributed by atoms with E-state index in [-0.39, 0.29) is 4.90 Å². The van der Waals surface area contributed by atoms with Crippen molar-refractivity contribution in [3.63, 3.8) is 0 Å². The van der Waals surface area contributed by atoms with Gasteiger partial charge in [0.05, 0.1) is 12.3 Å². The quantitative estimate of drug-likeness (QED) is 0.676. The summed E-state index contributed by atoms with van der Waals surface area (Å²) in [6, 6.07) is 9.66. The Morgan fingerprint density at radius 3 is 2.45 bits per heavy atom. The van der Waals surface area contributed by atoms with Crippen LogP contribution in [0.1, 0.15) is 18.1 Å². The minimum absolute atomic E-state index is 0.00561. The van der Waals surface area contributed by atoms with E-state index in [2.05, 4.69) is 0 Å². The van der Waals surface area contributed by atoms with Crippen LogP contribution in [-0.4, -0.2) is 15.0 Å². The minimum Gasteiger partial charge on any atom is -0.492 e. The second kappa shape index (κ2) is 6.27. The zero-order chi connectivity index (χ0) is 16.3. The molecule has 2 N–H and O–H groups in total. The van der Waals surface area contributed by atoms with E-state index in [1.54, 1.807) is 19.9 Å². The molecule has 118 valence electrons.